The average Bonchev–Trinajstić information content (AvgIpc) is 2.74. The highest BCUT2D eigenvalue weighted by molar-refractivity contribution is 5.80. The highest BCUT2D eigenvalue weighted by Crippen LogP contribution is 2.15. The number of morpholine rings is 1. The third-order valence-corrected chi connectivity index (χ3v) is 4.09. The van der Waals surface area contributed by atoms with Crippen molar-refractivity contribution in [3.05, 3.63) is 64.2 Å². The van der Waals surface area contributed by atoms with Crippen LogP contribution in [0.15, 0.2) is 53.6 Å². The Morgan fingerprint density at radius 2 is 1.86 bits per heavy atom. The number of non-ortho nitro benzene ring substituents is 1. The van der Waals surface area contributed by atoms with E-state index in [-0.39, 0.29) is 18.2 Å². The molecule has 9 nitrogen and oxygen atoms in total. The Morgan fingerprint density at radius 1 is 1.18 bits per heavy atom. The molecule has 1 saturated heterocycles. The fraction of sp³-hybridized carbons (Fsp3) is 0.263. The van der Waals surface area contributed by atoms with Crippen molar-refractivity contribution in [2.24, 2.45) is 5.10 Å². The van der Waals surface area contributed by atoms with Crippen LogP contribution >= 0.6 is 0 Å². The Kier molecular flexibility index (Phi) is 6.53. The number of nitro groups is 1. The number of ether oxygens (including phenoxy) is 2. The van der Waals surface area contributed by atoms with Crippen molar-refractivity contribution in [2.75, 3.05) is 38.3 Å². The number of nitro benzene ring substituents is 1. The van der Waals surface area contributed by atoms with Crippen LogP contribution in [-0.4, -0.2) is 54.9 Å². The molecule has 0 spiro atoms. The van der Waals surface area contributed by atoms with E-state index in [1.807, 2.05) is 12.1 Å². The molecule has 1 fully saturated rings. The largest absolute Gasteiger partial charge is 0.484 e. The molecule has 0 saturated carbocycles. The zero-order valence-corrected chi connectivity index (χ0v) is 15.1. The molecule has 1 amide bonds. The Labute approximate surface area is 161 Å². The lowest BCUT2D eigenvalue weighted by Gasteiger charge is -2.26. The number of hydrazone groups is 1. The van der Waals surface area contributed by atoms with Crippen LogP contribution in [0.3, 0.4) is 0 Å². The summed E-state index contributed by atoms with van der Waals surface area (Å²) in [6, 6.07) is 13.1. The molecule has 1 aliphatic heterocycles. The highest BCUT2D eigenvalue weighted by Gasteiger charge is 2.16. The minimum atomic E-state index is -0.453. The molecule has 0 bridgehead atoms. The van der Waals surface area contributed by atoms with Gasteiger partial charge in [-0.05, 0) is 42.0 Å². The first kappa shape index (κ1) is 19.3. The van der Waals surface area contributed by atoms with Crippen LogP contribution in [0.25, 0.3) is 0 Å². The Balaban J connectivity index is 1.46. The van der Waals surface area contributed by atoms with Gasteiger partial charge in [-0.25, -0.2) is 0 Å². The standard InChI is InChI=1S/C19H20N4O5/c24-19(22-9-11-27-12-10-22)14-28-18-7-1-15(2-8-18)13-20-21-16-3-5-17(6-4-16)23(25)26/h1-8,13,21H,9-12,14H2/b20-13+. The van der Waals surface area contributed by atoms with Gasteiger partial charge in [-0.15, -0.1) is 0 Å². The zero-order chi connectivity index (χ0) is 19.8. The van der Waals surface area contributed by atoms with E-state index < -0.39 is 4.92 Å². The van der Waals surface area contributed by atoms with E-state index in [1.165, 1.54) is 12.1 Å². The summed E-state index contributed by atoms with van der Waals surface area (Å²) in [4.78, 5) is 24.0. The van der Waals surface area contributed by atoms with Crippen molar-refractivity contribution >= 4 is 23.5 Å². The molecule has 0 aliphatic carbocycles. The number of anilines is 1. The van der Waals surface area contributed by atoms with Crippen LogP contribution in [0.4, 0.5) is 11.4 Å². The maximum absolute atomic E-state index is 12.1. The molecule has 0 unspecified atom stereocenters. The van der Waals surface area contributed by atoms with Gasteiger partial charge in [0.15, 0.2) is 6.61 Å². The normalized spacial score (nSPS) is 14.1. The van der Waals surface area contributed by atoms with E-state index in [9.17, 15) is 14.9 Å². The number of carbonyl (C=O) groups is 1. The van der Waals surface area contributed by atoms with E-state index >= 15 is 0 Å². The Bertz CT molecular complexity index is 830. The molecule has 3 rings (SSSR count). The number of nitrogens with zero attached hydrogens (tertiary/aromatic N) is 3. The minimum Gasteiger partial charge on any atom is -0.484 e. The molecule has 1 aliphatic rings. The summed E-state index contributed by atoms with van der Waals surface area (Å²) >= 11 is 0. The zero-order valence-electron chi connectivity index (χ0n) is 15.1. The molecule has 0 atom stereocenters. The summed E-state index contributed by atoms with van der Waals surface area (Å²) in [5.74, 6) is 0.545. The van der Waals surface area contributed by atoms with Crippen LogP contribution in [0, 0.1) is 10.1 Å². The van der Waals surface area contributed by atoms with Crippen molar-refractivity contribution in [2.45, 2.75) is 0 Å². The van der Waals surface area contributed by atoms with Gasteiger partial charge in [0.1, 0.15) is 5.75 Å². The summed E-state index contributed by atoms with van der Waals surface area (Å²) in [6.07, 6.45) is 1.62. The summed E-state index contributed by atoms with van der Waals surface area (Å²) < 4.78 is 10.8. The second-order valence-electron chi connectivity index (χ2n) is 6.02. The van der Waals surface area contributed by atoms with Gasteiger partial charge in [0.2, 0.25) is 0 Å². The molecule has 2 aromatic rings. The molecule has 146 valence electrons. The lowest BCUT2D eigenvalue weighted by molar-refractivity contribution is -0.384. The predicted molar refractivity (Wildman–Crippen MR) is 104 cm³/mol. The van der Waals surface area contributed by atoms with Gasteiger partial charge in [-0.2, -0.15) is 5.10 Å². The Hall–Kier alpha value is -3.46. The molecule has 0 radical (unpaired) electrons. The van der Waals surface area contributed by atoms with E-state index in [0.29, 0.717) is 37.7 Å². The maximum atomic E-state index is 12.1. The number of hydrogen-bond donors (Lipinski definition) is 1. The summed E-state index contributed by atoms with van der Waals surface area (Å²) in [6.45, 7) is 2.31. The summed E-state index contributed by atoms with van der Waals surface area (Å²) in [7, 11) is 0. The summed E-state index contributed by atoms with van der Waals surface area (Å²) in [5.41, 5.74) is 4.31. The van der Waals surface area contributed by atoms with Gasteiger partial charge in [0.25, 0.3) is 11.6 Å². The third kappa shape index (κ3) is 5.52. The molecule has 9 heteroatoms. The van der Waals surface area contributed by atoms with E-state index in [1.54, 1.807) is 35.4 Å². The van der Waals surface area contributed by atoms with Gasteiger partial charge in [0.05, 0.1) is 30.0 Å². The second kappa shape index (κ2) is 9.47. The van der Waals surface area contributed by atoms with Crippen molar-refractivity contribution in [3.8, 4) is 5.75 Å². The quantitative estimate of drug-likeness (QED) is 0.446. The second-order valence-corrected chi connectivity index (χ2v) is 6.02. The maximum Gasteiger partial charge on any atom is 0.269 e. The first-order valence-electron chi connectivity index (χ1n) is 8.74. The number of rotatable bonds is 7. The average molecular weight is 384 g/mol. The van der Waals surface area contributed by atoms with Gasteiger partial charge in [-0.1, -0.05) is 0 Å². The fourth-order valence-corrected chi connectivity index (χ4v) is 2.54. The van der Waals surface area contributed by atoms with Gasteiger partial charge in [-0.3, -0.25) is 20.3 Å². The van der Waals surface area contributed by atoms with Crippen molar-refractivity contribution in [1.82, 2.24) is 4.90 Å². The first-order valence-corrected chi connectivity index (χ1v) is 8.74. The van der Waals surface area contributed by atoms with Crippen LogP contribution in [0.2, 0.25) is 0 Å². The monoisotopic (exact) mass is 384 g/mol. The van der Waals surface area contributed by atoms with E-state index in [4.69, 9.17) is 9.47 Å². The predicted octanol–water partition coefficient (Wildman–Crippen LogP) is 2.28. The van der Waals surface area contributed by atoms with Gasteiger partial charge < -0.3 is 14.4 Å². The molecule has 28 heavy (non-hydrogen) atoms. The number of hydrogen-bond acceptors (Lipinski definition) is 7. The lowest BCUT2D eigenvalue weighted by Crippen LogP contribution is -2.42. The molecular weight excluding hydrogens is 364 g/mol. The van der Waals surface area contributed by atoms with Crippen molar-refractivity contribution in [3.63, 3.8) is 0 Å². The summed E-state index contributed by atoms with van der Waals surface area (Å²) in [5, 5.41) is 14.7. The molecule has 0 aromatic heterocycles. The Morgan fingerprint density at radius 3 is 2.50 bits per heavy atom. The minimum absolute atomic E-state index is 0.00483. The number of nitrogens with one attached hydrogen (secondary N) is 1. The van der Waals surface area contributed by atoms with Gasteiger partial charge >= 0.3 is 0 Å². The van der Waals surface area contributed by atoms with Crippen LogP contribution in [0.1, 0.15) is 5.56 Å². The van der Waals surface area contributed by atoms with E-state index in [2.05, 4.69) is 10.5 Å². The highest BCUT2D eigenvalue weighted by atomic mass is 16.6. The SMILES string of the molecule is O=C(COc1ccc(/C=N/Nc2ccc([N+](=O)[O-])cc2)cc1)N1CCOCC1. The number of benzene rings is 2. The number of carbonyl (C=O) groups excluding carboxylic acids is 1. The third-order valence-electron chi connectivity index (χ3n) is 4.09. The van der Waals surface area contributed by atoms with Crippen LogP contribution in [-0.2, 0) is 9.53 Å². The van der Waals surface area contributed by atoms with Crippen LogP contribution in [0.5, 0.6) is 5.75 Å². The lowest BCUT2D eigenvalue weighted by atomic mass is 10.2. The number of amides is 1. The van der Waals surface area contributed by atoms with Crippen molar-refractivity contribution in [1.29, 1.82) is 0 Å². The van der Waals surface area contributed by atoms with Crippen molar-refractivity contribution < 1.29 is 19.2 Å². The fourth-order valence-electron chi connectivity index (χ4n) is 2.54. The topological polar surface area (TPSA) is 106 Å². The molecule has 2 aromatic carbocycles. The smallest absolute Gasteiger partial charge is 0.269 e. The molecular formula is C19H20N4O5. The van der Waals surface area contributed by atoms with Gasteiger partial charge in [0, 0.05) is 25.2 Å². The first-order chi connectivity index (χ1) is 13.6. The van der Waals surface area contributed by atoms with Crippen LogP contribution < -0.4 is 10.2 Å². The molecule has 1 N–H and O–H groups in total. The molecule has 1 heterocycles. The van der Waals surface area contributed by atoms with E-state index in [0.717, 1.165) is 5.56 Å².